The van der Waals surface area contributed by atoms with E-state index in [1.165, 1.54) is 49.6 Å². The van der Waals surface area contributed by atoms with Crippen LogP contribution < -0.4 is 13.8 Å². The Kier molecular flexibility index (Phi) is 6.87. The number of rotatable bonds is 7. The van der Waals surface area contributed by atoms with Crippen molar-refractivity contribution in [3.8, 4) is 11.5 Å². The summed E-state index contributed by atoms with van der Waals surface area (Å²) in [6, 6.07) is 18.1. The smallest absolute Gasteiger partial charge is 0.278 e. The van der Waals surface area contributed by atoms with Gasteiger partial charge < -0.3 is 9.47 Å². The number of ether oxygens (including phenoxy) is 2. The summed E-state index contributed by atoms with van der Waals surface area (Å²) in [5, 5.41) is 0.807. The molecule has 0 saturated carbocycles. The van der Waals surface area contributed by atoms with E-state index in [1.54, 1.807) is 30.3 Å². The number of carbonyl (C=O) groups excluding carboxylic acids is 1. The summed E-state index contributed by atoms with van der Waals surface area (Å²) in [5.41, 5.74) is 0.144. The summed E-state index contributed by atoms with van der Waals surface area (Å²) in [4.78, 5) is 12.9. The largest absolute Gasteiger partial charge is 0.497 e. The summed E-state index contributed by atoms with van der Waals surface area (Å²) in [6.45, 7) is -0.515. The van der Waals surface area contributed by atoms with Crippen LogP contribution in [0.15, 0.2) is 77.7 Å². The molecule has 30 heavy (non-hydrogen) atoms. The number of halogens is 2. The predicted octanol–water partition coefficient (Wildman–Crippen LogP) is 4.80. The average molecular weight is 466 g/mol. The van der Waals surface area contributed by atoms with Gasteiger partial charge in [0.25, 0.3) is 15.9 Å². The van der Waals surface area contributed by atoms with E-state index < -0.39 is 22.5 Å². The molecule has 6 nitrogen and oxygen atoms in total. The molecule has 0 aliphatic carbocycles. The minimum Gasteiger partial charge on any atom is -0.497 e. The van der Waals surface area contributed by atoms with Gasteiger partial charge in [0.2, 0.25) is 0 Å². The highest BCUT2D eigenvalue weighted by Crippen LogP contribution is 2.27. The Labute approximate surface area is 184 Å². The summed E-state index contributed by atoms with van der Waals surface area (Å²) in [5.74, 6) is 0.0785. The highest BCUT2D eigenvalue weighted by Gasteiger charge is 2.31. The molecule has 0 saturated heterocycles. The van der Waals surface area contributed by atoms with Gasteiger partial charge in [-0.3, -0.25) is 4.79 Å². The number of nitrogens with zero attached hydrogens (tertiary/aromatic N) is 1. The molecule has 0 atom stereocenters. The average Bonchev–Trinajstić information content (AvgIpc) is 2.73. The molecule has 0 aliphatic rings. The van der Waals surface area contributed by atoms with Crippen molar-refractivity contribution in [3.63, 3.8) is 0 Å². The highest BCUT2D eigenvalue weighted by atomic mass is 35.5. The number of anilines is 1. The Balaban J connectivity index is 1.95. The summed E-state index contributed by atoms with van der Waals surface area (Å²) >= 11 is 11.8. The Bertz CT molecular complexity index is 1130. The molecule has 0 aromatic heterocycles. The second-order valence-electron chi connectivity index (χ2n) is 6.06. The summed E-state index contributed by atoms with van der Waals surface area (Å²) in [7, 11) is -2.74. The highest BCUT2D eigenvalue weighted by molar-refractivity contribution is 7.93. The molecule has 0 heterocycles. The van der Waals surface area contributed by atoms with E-state index in [4.69, 9.17) is 32.7 Å². The van der Waals surface area contributed by atoms with E-state index in [9.17, 15) is 13.2 Å². The van der Waals surface area contributed by atoms with Crippen molar-refractivity contribution < 1.29 is 22.7 Å². The van der Waals surface area contributed by atoms with Crippen LogP contribution in [0.25, 0.3) is 0 Å². The predicted molar refractivity (Wildman–Crippen MR) is 116 cm³/mol. The molecule has 0 unspecified atom stereocenters. The van der Waals surface area contributed by atoms with Gasteiger partial charge in [-0.1, -0.05) is 29.3 Å². The van der Waals surface area contributed by atoms with E-state index in [0.29, 0.717) is 25.8 Å². The van der Waals surface area contributed by atoms with Crippen molar-refractivity contribution in [1.82, 2.24) is 0 Å². The lowest BCUT2D eigenvalue weighted by atomic mass is 10.3. The number of sulfonamides is 1. The van der Waals surface area contributed by atoms with E-state index >= 15 is 0 Å². The topological polar surface area (TPSA) is 72.9 Å². The molecule has 0 N–H and O–H groups in total. The number of hydrogen-bond donors (Lipinski definition) is 0. The van der Waals surface area contributed by atoms with Gasteiger partial charge in [0.15, 0.2) is 6.61 Å². The molecular formula is C21H17Cl2NO5S. The Hall–Kier alpha value is -2.74. The van der Waals surface area contributed by atoms with Gasteiger partial charge in [0, 0.05) is 10.0 Å². The Morgan fingerprint density at radius 2 is 1.57 bits per heavy atom. The van der Waals surface area contributed by atoms with Gasteiger partial charge in [-0.15, -0.1) is 0 Å². The van der Waals surface area contributed by atoms with Crippen LogP contribution in [0.2, 0.25) is 10.0 Å². The standard InChI is InChI=1S/C21H17Cl2NO5S/c1-28-18-9-7-17(8-10-18)24(30(26,27)20-11-5-15(22)6-12-20)21(25)14-29-19-4-2-3-16(23)13-19/h2-13H,14H2,1H3. The van der Waals surface area contributed by atoms with Crippen LogP contribution in [-0.4, -0.2) is 28.0 Å². The van der Waals surface area contributed by atoms with Crippen LogP contribution in [0.3, 0.4) is 0 Å². The van der Waals surface area contributed by atoms with Gasteiger partial charge in [0.05, 0.1) is 17.7 Å². The Morgan fingerprint density at radius 1 is 0.900 bits per heavy atom. The fourth-order valence-corrected chi connectivity index (χ4v) is 4.32. The van der Waals surface area contributed by atoms with E-state index in [0.717, 1.165) is 0 Å². The second-order valence-corrected chi connectivity index (χ2v) is 8.72. The number of carbonyl (C=O) groups is 1. The third kappa shape index (κ3) is 5.05. The maximum absolute atomic E-state index is 13.3. The minimum atomic E-state index is -4.22. The van der Waals surface area contributed by atoms with Crippen molar-refractivity contribution >= 4 is 44.8 Å². The maximum atomic E-state index is 13.3. The molecule has 156 valence electrons. The van der Waals surface area contributed by atoms with Crippen LogP contribution in [0.5, 0.6) is 11.5 Å². The molecule has 3 aromatic carbocycles. The van der Waals surface area contributed by atoms with Crippen LogP contribution >= 0.6 is 23.2 Å². The van der Waals surface area contributed by atoms with Gasteiger partial charge in [-0.25, -0.2) is 8.42 Å². The van der Waals surface area contributed by atoms with Crippen molar-refractivity contribution in [2.45, 2.75) is 4.90 Å². The second kappa shape index (κ2) is 9.38. The fraction of sp³-hybridized carbons (Fsp3) is 0.0952. The number of hydrogen-bond acceptors (Lipinski definition) is 5. The first-order chi connectivity index (χ1) is 14.3. The molecule has 0 aliphatic heterocycles. The lowest BCUT2D eigenvalue weighted by molar-refractivity contribution is -0.119. The first-order valence-electron chi connectivity index (χ1n) is 8.67. The molecule has 0 fully saturated rings. The first-order valence-corrected chi connectivity index (χ1v) is 10.9. The summed E-state index contributed by atoms with van der Waals surface area (Å²) < 4.78 is 37.8. The van der Waals surface area contributed by atoms with Crippen LogP contribution in [0.1, 0.15) is 0 Å². The molecule has 0 radical (unpaired) electrons. The van der Waals surface area contributed by atoms with Gasteiger partial charge >= 0.3 is 0 Å². The molecule has 1 amide bonds. The fourth-order valence-electron chi connectivity index (χ4n) is 2.61. The van der Waals surface area contributed by atoms with E-state index in [1.807, 2.05) is 0 Å². The normalized spacial score (nSPS) is 11.0. The zero-order chi connectivity index (χ0) is 21.7. The summed E-state index contributed by atoms with van der Waals surface area (Å²) in [6.07, 6.45) is 0. The van der Waals surface area contributed by atoms with E-state index in [-0.39, 0.29) is 10.6 Å². The zero-order valence-corrected chi connectivity index (χ0v) is 18.1. The monoisotopic (exact) mass is 465 g/mol. The third-order valence-electron chi connectivity index (χ3n) is 4.04. The SMILES string of the molecule is COc1ccc(N(C(=O)COc2cccc(Cl)c2)S(=O)(=O)c2ccc(Cl)cc2)cc1. The van der Waals surface area contributed by atoms with Crippen LogP contribution in [0, 0.1) is 0 Å². The quantitative estimate of drug-likeness (QED) is 0.500. The van der Waals surface area contributed by atoms with Gasteiger partial charge in [0.1, 0.15) is 11.5 Å². The molecule has 9 heteroatoms. The third-order valence-corrected chi connectivity index (χ3v) is 6.29. The van der Waals surface area contributed by atoms with Crippen molar-refractivity contribution in [2.24, 2.45) is 0 Å². The number of methoxy groups -OCH3 is 1. The Morgan fingerprint density at radius 3 is 2.17 bits per heavy atom. The van der Waals surface area contributed by atoms with Crippen LogP contribution in [-0.2, 0) is 14.8 Å². The van der Waals surface area contributed by atoms with E-state index in [2.05, 4.69) is 0 Å². The van der Waals surface area contributed by atoms with Gasteiger partial charge in [-0.05, 0) is 66.7 Å². The molecular weight excluding hydrogens is 449 g/mol. The zero-order valence-electron chi connectivity index (χ0n) is 15.8. The molecule has 3 rings (SSSR count). The molecule has 0 bridgehead atoms. The van der Waals surface area contributed by atoms with Crippen LogP contribution in [0.4, 0.5) is 5.69 Å². The lowest BCUT2D eigenvalue weighted by Gasteiger charge is -2.23. The molecule has 0 spiro atoms. The number of benzene rings is 3. The number of amides is 1. The van der Waals surface area contributed by atoms with Crippen molar-refractivity contribution in [3.05, 3.63) is 82.8 Å². The minimum absolute atomic E-state index is 0.0844. The first kappa shape index (κ1) is 22.0. The van der Waals surface area contributed by atoms with Crippen molar-refractivity contribution in [1.29, 1.82) is 0 Å². The van der Waals surface area contributed by atoms with Crippen molar-refractivity contribution in [2.75, 3.05) is 18.0 Å². The molecule has 3 aromatic rings. The lowest BCUT2D eigenvalue weighted by Crippen LogP contribution is -2.40. The maximum Gasteiger partial charge on any atom is 0.278 e. The van der Waals surface area contributed by atoms with Gasteiger partial charge in [-0.2, -0.15) is 4.31 Å².